The van der Waals surface area contributed by atoms with Crippen molar-refractivity contribution < 1.29 is 9.53 Å². The standard InChI is InChI=1S/C24H25N5O2S/c1-15-6-5-7-20(26-15)22-18(16-8-9-19-21(10-16)32-14-25-19)13-29(27-22)17-11-28(12-17)23(30)31-24(2,3)4/h5-10,13-14,17H,11-12H2,1-4H3. The molecule has 1 amide bonds. The number of rotatable bonds is 3. The number of thiazole rings is 1. The normalized spacial score (nSPS) is 14.6. The highest BCUT2D eigenvalue weighted by Gasteiger charge is 2.36. The first-order chi connectivity index (χ1) is 15.3. The van der Waals surface area contributed by atoms with Gasteiger partial charge in [-0.1, -0.05) is 12.1 Å². The van der Waals surface area contributed by atoms with Crippen molar-refractivity contribution in [2.45, 2.75) is 39.3 Å². The smallest absolute Gasteiger partial charge is 0.410 e. The molecule has 0 N–H and O–H groups in total. The van der Waals surface area contributed by atoms with Crippen molar-refractivity contribution in [2.24, 2.45) is 0 Å². The van der Waals surface area contributed by atoms with E-state index in [9.17, 15) is 4.79 Å². The number of hydrogen-bond donors (Lipinski definition) is 0. The van der Waals surface area contributed by atoms with Crippen LogP contribution in [0.15, 0.2) is 48.1 Å². The molecule has 0 bridgehead atoms. The van der Waals surface area contributed by atoms with Gasteiger partial charge in [-0.3, -0.25) is 9.67 Å². The number of pyridine rings is 1. The van der Waals surface area contributed by atoms with Crippen molar-refractivity contribution in [2.75, 3.05) is 13.1 Å². The zero-order chi connectivity index (χ0) is 22.5. The number of carbonyl (C=O) groups excluding carboxylic acids is 1. The maximum absolute atomic E-state index is 12.3. The highest BCUT2D eigenvalue weighted by atomic mass is 32.1. The summed E-state index contributed by atoms with van der Waals surface area (Å²) in [7, 11) is 0. The zero-order valence-corrected chi connectivity index (χ0v) is 19.4. The minimum absolute atomic E-state index is 0.104. The number of carbonyl (C=O) groups is 1. The summed E-state index contributed by atoms with van der Waals surface area (Å²) in [6.07, 6.45) is 1.79. The third kappa shape index (κ3) is 3.98. The quantitative estimate of drug-likeness (QED) is 0.425. The monoisotopic (exact) mass is 447 g/mol. The molecule has 32 heavy (non-hydrogen) atoms. The first-order valence-electron chi connectivity index (χ1n) is 10.6. The average Bonchev–Trinajstić information content (AvgIpc) is 3.32. The fraction of sp³-hybridized carbons (Fsp3) is 0.333. The van der Waals surface area contributed by atoms with Crippen LogP contribution in [0.25, 0.3) is 32.7 Å². The molecular formula is C24H25N5O2S. The lowest BCUT2D eigenvalue weighted by Crippen LogP contribution is -2.52. The van der Waals surface area contributed by atoms with Crippen LogP contribution >= 0.6 is 11.3 Å². The predicted molar refractivity (Wildman–Crippen MR) is 126 cm³/mol. The van der Waals surface area contributed by atoms with Crippen LogP contribution in [0, 0.1) is 6.92 Å². The van der Waals surface area contributed by atoms with E-state index in [0.29, 0.717) is 13.1 Å². The lowest BCUT2D eigenvalue weighted by molar-refractivity contribution is -0.000352. The van der Waals surface area contributed by atoms with Gasteiger partial charge in [-0.25, -0.2) is 9.78 Å². The summed E-state index contributed by atoms with van der Waals surface area (Å²) < 4.78 is 8.58. The van der Waals surface area contributed by atoms with Crippen molar-refractivity contribution in [1.29, 1.82) is 0 Å². The lowest BCUT2D eigenvalue weighted by Gasteiger charge is -2.39. The highest BCUT2D eigenvalue weighted by molar-refractivity contribution is 7.16. The average molecular weight is 448 g/mol. The van der Waals surface area contributed by atoms with Gasteiger partial charge in [-0.15, -0.1) is 11.3 Å². The van der Waals surface area contributed by atoms with Crippen LogP contribution in [-0.4, -0.2) is 49.4 Å². The maximum atomic E-state index is 12.3. The van der Waals surface area contributed by atoms with Crippen LogP contribution in [0.5, 0.6) is 0 Å². The van der Waals surface area contributed by atoms with Gasteiger partial charge in [0.1, 0.15) is 11.3 Å². The Kier molecular flexibility index (Phi) is 4.97. The Labute approximate surface area is 190 Å². The Hall–Kier alpha value is -3.26. The summed E-state index contributed by atoms with van der Waals surface area (Å²) in [5.41, 5.74) is 7.08. The van der Waals surface area contributed by atoms with Crippen LogP contribution in [0.1, 0.15) is 32.5 Å². The molecule has 8 heteroatoms. The molecule has 1 saturated heterocycles. The van der Waals surface area contributed by atoms with Crippen molar-refractivity contribution in [1.82, 2.24) is 24.6 Å². The van der Waals surface area contributed by atoms with E-state index in [1.165, 1.54) is 0 Å². The van der Waals surface area contributed by atoms with Crippen LogP contribution in [0.3, 0.4) is 0 Å². The molecule has 0 radical (unpaired) electrons. The van der Waals surface area contributed by atoms with Gasteiger partial charge in [0.25, 0.3) is 0 Å². The number of benzene rings is 1. The van der Waals surface area contributed by atoms with Crippen LogP contribution in [0.2, 0.25) is 0 Å². The molecule has 0 saturated carbocycles. The minimum Gasteiger partial charge on any atom is -0.444 e. The molecule has 0 atom stereocenters. The third-order valence-corrected chi connectivity index (χ3v) is 6.19. The molecular weight excluding hydrogens is 422 g/mol. The second-order valence-electron chi connectivity index (χ2n) is 9.11. The largest absolute Gasteiger partial charge is 0.444 e. The van der Waals surface area contributed by atoms with E-state index < -0.39 is 5.60 Å². The van der Waals surface area contributed by atoms with Gasteiger partial charge in [0.05, 0.1) is 27.5 Å². The first-order valence-corrected chi connectivity index (χ1v) is 11.5. The Morgan fingerprint density at radius 2 is 2.00 bits per heavy atom. The molecule has 1 aliphatic rings. The number of nitrogens with zero attached hydrogens (tertiary/aromatic N) is 5. The Morgan fingerprint density at radius 3 is 2.75 bits per heavy atom. The molecule has 1 aromatic carbocycles. The molecule has 7 nitrogen and oxygen atoms in total. The topological polar surface area (TPSA) is 73.1 Å². The first kappa shape index (κ1) is 20.6. The second-order valence-corrected chi connectivity index (χ2v) is 10.00. The number of ether oxygens (including phenoxy) is 1. The second kappa shape index (κ2) is 7.70. The van der Waals surface area contributed by atoms with Crippen molar-refractivity contribution in [3.8, 4) is 22.5 Å². The SMILES string of the molecule is Cc1cccc(-c2nn(C3CN(C(=O)OC(C)(C)C)C3)cc2-c2ccc3ncsc3c2)n1. The van der Waals surface area contributed by atoms with Gasteiger partial charge in [0.2, 0.25) is 0 Å². The van der Waals surface area contributed by atoms with Crippen molar-refractivity contribution in [3.05, 3.63) is 53.8 Å². The molecule has 4 heterocycles. The summed E-state index contributed by atoms with van der Waals surface area (Å²) in [5.74, 6) is 0. The van der Waals surface area contributed by atoms with Crippen LogP contribution in [-0.2, 0) is 4.74 Å². The number of aromatic nitrogens is 4. The Bertz CT molecular complexity index is 1300. The number of hydrogen-bond acceptors (Lipinski definition) is 6. The lowest BCUT2D eigenvalue weighted by atomic mass is 10.0. The molecule has 1 aliphatic heterocycles. The predicted octanol–water partition coefficient (Wildman–Crippen LogP) is 5.32. The molecule has 164 valence electrons. The minimum atomic E-state index is -0.500. The zero-order valence-electron chi connectivity index (χ0n) is 18.6. The molecule has 0 spiro atoms. The number of fused-ring (bicyclic) bond motifs is 1. The summed E-state index contributed by atoms with van der Waals surface area (Å²) in [6, 6.07) is 12.3. The fourth-order valence-corrected chi connectivity index (χ4v) is 4.49. The van der Waals surface area contributed by atoms with Gasteiger partial charge < -0.3 is 9.64 Å². The third-order valence-electron chi connectivity index (χ3n) is 5.39. The molecule has 1 fully saturated rings. The van der Waals surface area contributed by atoms with E-state index in [-0.39, 0.29) is 12.1 Å². The van der Waals surface area contributed by atoms with Gasteiger partial charge >= 0.3 is 6.09 Å². The van der Waals surface area contributed by atoms with Gasteiger partial charge in [0.15, 0.2) is 0 Å². The van der Waals surface area contributed by atoms with E-state index in [4.69, 9.17) is 14.8 Å². The van der Waals surface area contributed by atoms with Crippen molar-refractivity contribution >= 4 is 27.6 Å². The number of aryl methyl sites for hydroxylation is 1. The molecule has 0 aliphatic carbocycles. The maximum Gasteiger partial charge on any atom is 0.410 e. The van der Waals surface area contributed by atoms with E-state index in [1.807, 2.05) is 62.2 Å². The Balaban J connectivity index is 1.48. The van der Waals surface area contributed by atoms with E-state index in [2.05, 4.69) is 23.3 Å². The van der Waals surface area contributed by atoms with Crippen LogP contribution < -0.4 is 0 Å². The highest BCUT2D eigenvalue weighted by Crippen LogP contribution is 2.35. The number of amides is 1. The van der Waals surface area contributed by atoms with Gasteiger partial charge in [-0.05, 0) is 57.5 Å². The summed E-state index contributed by atoms with van der Waals surface area (Å²) in [5, 5.41) is 4.92. The van der Waals surface area contributed by atoms with Gasteiger partial charge in [-0.2, -0.15) is 5.10 Å². The molecule has 0 unspecified atom stereocenters. The molecule has 3 aromatic heterocycles. The summed E-state index contributed by atoms with van der Waals surface area (Å²) >= 11 is 1.62. The van der Waals surface area contributed by atoms with Gasteiger partial charge in [0, 0.05) is 30.5 Å². The summed E-state index contributed by atoms with van der Waals surface area (Å²) in [6.45, 7) is 8.76. The number of likely N-dealkylation sites (tertiary alicyclic amines) is 1. The van der Waals surface area contributed by atoms with E-state index >= 15 is 0 Å². The van der Waals surface area contributed by atoms with Crippen LogP contribution in [0.4, 0.5) is 4.79 Å². The van der Waals surface area contributed by atoms with E-state index in [0.717, 1.165) is 38.4 Å². The van der Waals surface area contributed by atoms with Crippen molar-refractivity contribution in [3.63, 3.8) is 0 Å². The van der Waals surface area contributed by atoms with E-state index in [1.54, 1.807) is 16.2 Å². The molecule has 4 aromatic rings. The Morgan fingerprint density at radius 1 is 1.19 bits per heavy atom. The molecule has 5 rings (SSSR count). The fourth-order valence-electron chi connectivity index (χ4n) is 3.77. The summed E-state index contributed by atoms with van der Waals surface area (Å²) in [4.78, 5) is 23.1.